The summed E-state index contributed by atoms with van der Waals surface area (Å²) in [6.45, 7) is 1.85. The Bertz CT molecular complexity index is 535. The van der Waals surface area contributed by atoms with E-state index in [1.807, 2.05) is 17.5 Å². The topological polar surface area (TPSA) is 37.4 Å². The molecule has 3 nitrogen and oxygen atoms in total. The summed E-state index contributed by atoms with van der Waals surface area (Å²) in [5, 5.41) is 1.68. The maximum Gasteiger partial charge on any atom is 0.294 e. The van der Waals surface area contributed by atoms with Gasteiger partial charge < -0.3 is 0 Å². The number of carbonyl (C=O) groups excluding carboxylic acids is 2. The molecule has 0 aliphatic carbocycles. The van der Waals surface area contributed by atoms with Crippen LogP contribution in [0.5, 0.6) is 0 Å². The first-order valence-corrected chi connectivity index (χ1v) is 6.60. The van der Waals surface area contributed by atoms with Crippen molar-refractivity contribution in [2.24, 2.45) is 0 Å². The van der Waals surface area contributed by atoms with Crippen molar-refractivity contribution in [3.05, 3.63) is 27.3 Å². The molecule has 1 aromatic heterocycles. The van der Waals surface area contributed by atoms with Crippen molar-refractivity contribution < 1.29 is 9.59 Å². The third-order valence-electron chi connectivity index (χ3n) is 2.10. The molecule has 0 bridgehead atoms. The number of amides is 2. The molecule has 2 rings (SSSR count). The second-order valence-electron chi connectivity index (χ2n) is 3.21. The molecule has 0 N–H and O–H groups in total. The van der Waals surface area contributed by atoms with Crippen molar-refractivity contribution in [2.75, 3.05) is 6.54 Å². The van der Waals surface area contributed by atoms with Gasteiger partial charge in [-0.05, 0) is 36.2 Å². The SMILES string of the molecule is CC#CCN1C(=O)S/C(=C/c2cccs2)C1=O. The molecule has 0 spiro atoms. The van der Waals surface area contributed by atoms with E-state index in [4.69, 9.17) is 0 Å². The van der Waals surface area contributed by atoms with E-state index in [1.165, 1.54) is 16.2 Å². The Morgan fingerprint density at radius 2 is 2.29 bits per heavy atom. The van der Waals surface area contributed by atoms with E-state index >= 15 is 0 Å². The molecule has 2 heterocycles. The summed E-state index contributed by atoms with van der Waals surface area (Å²) >= 11 is 2.50. The molecular weight excluding hydrogens is 254 g/mol. The molecule has 1 aliphatic heterocycles. The normalized spacial score (nSPS) is 17.5. The van der Waals surface area contributed by atoms with Gasteiger partial charge in [0, 0.05) is 4.88 Å². The van der Waals surface area contributed by atoms with Gasteiger partial charge in [0.05, 0.1) is 11.4 Å². The highest BCUT2D eigenvalue weighted by atomic mass is 32.2. The van der Waals surface area contributed by atoms with Gasteiger partial charge in [0.1, 0.15) is 0 Å². The monoisotopic (exact) mass is 263 g/mol. The van der Waals surface area contributed by atoms with Crippen LogP contribution >= 0.6 is 23.1 Å². The van der Waals surface area contributed by atoms with Gasteiger partial charge in [-0.25, -0.2) is 0 Å². The molecule has 0 radical (unpaired) electrons. The number of thioether (sulfide) groups is 1. The lowest BCUT2D eigenvalue weighted by molar-refractivity contribution is -0.122. The Balaban J connectivity index is 2.20. The third-order valence-corrected chi connectivity index (χ3v) is 3.83. The number of nitrogens with zero attached hydrogens (tertiary/aromatic N) is 1. The zero-order chi connectivity index (χ0) is 12.3. The van der Waals surface area contributed by atoms with Gasteiger partial charge in [-0.2, -0.15) is 0 Å². The van der Waals surface area contributed by atoms with Gasteiger partial charge in [0.25, 0.3) is 11.1 Å². The summed E-state index contributed by atoms with van der Waals surface area (Å²) in [6.07, 6.45) is 1.74. The Morgan fingerprint density at radius 3 is 2.94 bits per heavy atom. The van der Waals surface area contributed by atoms with Crippen molar-refractivity contribution in [1.82, 2.24) is 4.90 Å². The molecule has 0 saturated carbocycles. The fourth-order valence-corrected chi connectivity index (χ4v) is 2.86. The molecule has 86 valence electrons. The van der Waals surface area contributed by atoms with Crippen LogP contribution in [0.3, 0.4) is 0 Å². The Morgan fingerprint density at radius 1 is 1.47 bits per heavy atom. The molecule has 0 aromatic carbocycles. The highest BCUT2D eigenvalue weighted by Crippen LogP contribution is 2.32. The van der Waals surface area contributed by atoms with E-state index < -0.39 is 0 Å². The van der Waals surface area contributed by atoms with Crippen molar-refractivity contribution in [3.63, 3.8) is 0 Å². The van der Waals surface area contributed by atoms with Gasteiger partial charge in [0.2, 0.25) is 0 Å². The van der Waals surface area contributed by atoms with Crippen LogP contribution in [-0.2, 0) is 4.79 Å². The maximum absolute atomic E-state index is 11.9. The number of carbonyl (C=O) groups is 2. The molecule has 17 heavy (non-hydrogen) atoms. The first-order chi connectivity index (χ1) is 8.22. The van der Waals surface area contributed by atoms with E-state index in [1.54, 1.807) is 13.0 Å². The minimum absolute atomic E-state index is 0.170. The Labute approximate surface area is 108 Å². The fourth-order valence-electron chi connectivity index (χ4n) is 1.30. The number of thiophene rings is 1. The quantitative estimate of drug-likeness (QED) is 0.608. The number of imide groups is 1. The smallest absolute Gasteiger partial charge is 0.268 e. The maximum atomic E-state index is 11.9. The number of hydrogen-bond acceptors (Lipinski definition) is 4. The zero-order valence-corrected chi connectivity index (χ0v) is 10.7. The average molecular weight is 263 g/mol. The predicted molar refractivity (Wildman–Crippen MR) is 70.4 cm³/mol. The highest BCUT2D eigenvalue weighted by molar-refractivity contribution is 8.18. The standard InChI is InChI=1S/C12H9NO2S2/c1-2-3-6-13-11(14)10(17-12(13)15)8-9-5-4-7-16-9/h4-5,7-8H,6H2,1H3/b10-8+. The summed E-state index contributed by atoms with van der Waals surface area (Å²) < 4.78 is 0. The minimum Gasteiger partial charge on any atom is -0.268 e. The number of hydrogen-bond donors (Lipinski definition) is 0. The van der Waals surface area contributed by atoms with Crippen LogP contribution in [0.1, 0.15) is 11.8 Å². The fraction of sp³-hybridized carbons (Fsp3) is 0.167. The van der Waals surface area contributed by atoms with E-state index in [-0.39, 0.29) is 17.7 Å². The molecule has 0 atom stereocenters. The molecule has 1 fully saturated rings. The second-order valence-corrected chi connectivity index (χ2v) is 5.18. The van der Waals surface area contributed by atoms with Gasteiger partial charge in [-0.1, -0.05) is 12.0 Å². The van der Waals surface area contributed by atoms with Crippen molar-refractivity contribution >= 4 is 40.3 Å². The number of rotatable bonds is 2. The summed E-state index contributed by atoms with van der Waals surface area (Å²) in [6, 6.07) is 3.81. The van der Waals surface area contributed by atoms with Crippen LogP contribution in [-0.4, -0.2) is 22.6 Å². The van der Waals surface area contributed by atoms with Gasteiger partial charge in [-0.3, -0.25) is 14.5 Å². The van der Waals surface area contributed by atoms with Crippen LogP contribution in [0, 0.1) is 11.8 Å². The molecule has 1 saturated heterocycles. The van der Waals surface area contributed by atoms with E-state index in [0.717, 1.165) is 16.6 Å². The van der Waals surface area contributed by atoms with Crippen LogP contribution in [0.2, 0.25) is 0 Å². The van der Waals surface area contributed by atoms with Gasteiger partial charge >= 0.3 is 0 Å². The highest BCUT2D eigenvalue weighted by Gasteiger charge is 2.34. The Kier molecular flexibility index (Phi) is 3.67. The molecule has 2 amide bonds. The second kappa shape index (κ2) is 5.21. The van der Waals surface area contributed by atoms with E-state index in [0.29, 0.717) is 4.91 Å². The Hall–Kier alpha value is -1.51. The lowest BCUT2D eigenvalue weighted by Crippen LogP contribution is -2.28. The molecule has 1 aromatic rings. The summed E-state index contributed by atoms with van der Waals surface area (Å²) in [7, 11) is 0. The van der Waals surface area contributed by atoms with Crippen LogP contribution < -0.4 is 0 Å². The van der Waals surface area contributed by atoms with Crippen molar-refractivity contribution in [2.45, 2.75) is 6.92 Å². The largest absolute Gasteiger partial charge is 0.294 e. The van der Waals surface area contributed by atoms with Gasteiger partial charge in [-0.15, -0.1) is 17.3 Å². The van der Waals surface area contributed by atoms with Crippen LogP contribution in [0.15, 0.2) is 22.4 Å². The zero-order valence-electron chi connectivity index (χ0n) is 9.10. The lowest BCUT2D eigenvalue weighted by atomic mass is 10.3. The molecular formula is C12H9NO2S2. The van der Waals surface area contributed by atoms with Crippen molar-refractivity contribution in [1.29, 1.82) is 0 Å². The minimum atomic E-state index is -0.254. The third kappa shape index (κ3) is 2.60. The van der Waals surface area contributed by atoms with Crippen molar-refractivity contribution in [3.8, 4) is 11.8 Å². The summed E-state index contributed by atoms with van der Waals surface area (Å²) in [4.78, 5) is 26.1. The van der Waals surface area contributed by atoms with E-state index in [9.17, 15) is 9.59 Å². The van der Waals surface area contributed by atoms with Crippen LogP contribution in [0.25, 0.3) is 6.08 Å². The first kappa shape index (κ1) is 12.0. The van der Waals surface area contributed by atoms with Crippen LogP contribution in [0.4, 0.5) is 4.79 Å². The predicted octanol–water partition coefficient (Wildman–Crippen LogP) is 2.81. The van der Waals surface area contributed by atoms with Gasteiger partial charge in [0.15, 0.2) is 0 Å². The lowest BCUT2D eigenvalue weighted by Gasteiger charge is -2.06. The average Bonchev–Trinajstić information content (AvgIpc) is 2.89. The molecule has 1 aliphatic rings. The summed E-state index contributed by atoms with van der Waals surface area (Å²) in [5.41, 5.74) is 0. The first-order valence-electron chi connectivity index (χ1n) is 4.91. The molecule has 5 heteroatoms. The summed E-state index contributed by atoms with van der Waals surface area (Å²) in [5.74, 6) is 5.15. The van der Waals surface area contributed by atoms with E-state index in [2.05, 4.69) is 11.8 Å². The molecule has 0 unspecified atom stereocenters.